The number of hydrogen-bond acceptors (Lipinski definition) is 3. The molecular weight excluding hydrogens is 222 g/mol. The highest BCUT2D eigenvalue weighted by Crippen LogP contribution is 2.21. The lowest BCUT2D eigenvalue weighted by Crippen LogP contribution is -2.37. The Labute approximate surface area is 99.8 Å². The van der Waals surface area contributed by atoms with E-state index in [2.05, 4.69) is 5.10 Å². The van der Waals surface area contributed by atoms with Crippen LogP contribution in [-0.2, 0) is 16.1 Å². The van der Waals surface area contributed by atoms with Crippen molar-refractivity contribution in [3.05, 3.63) is 18.0 Å². The monoisotopic (exact) mass is 239 g/mol. The molecule has 1 aromatic heterocycles. The lowest BCUT2D eigenvalue weighted by atomic mass is 10.1. The van der Waals surface area contributed by atoms with Crippen molar-refractivity contribution in [3.63, 3.8) is 0 Å². The van der Waals surface area contributed by atoms with Crippen LogP contribution in [0.25, 0.3) is 0 Å². The molecule has 0 spiro atoms. The SMILES string of the molecule is CCn1cc(C(C(=O)O)N(C=O)C(C)C)cn1. The van der Waals surface area contributed by atoms with Crippen LogP contribution in [0.2, 0.25) is 0 Å². The average Bonchev–Trinajstić information content (AvgIpc) is 2.72. The number of hydrogen-bond donors (Lipinski definition) is 1. The molecule has 0 radical (unpaired) electrons. The van der Waals surface area contributed by atoms with Crippen molar-refractivity contribution >= 4 is 12.4 Å². The number of carboxylic acid groups (broad SMARTS) is 1. The van der Waals surface area contributed by atoms with Crippen LogP contribution < -0.4 is 0 Å². The molecule has 0 aromatic carbocycles. The highest BCUT2D eigenvalue weighted by Gasteiger charge is 2.29. The topological polar surface area (TPSA) is 75.4 Å². The van der Waals surface area contributed by atoms with E-state index in [9.17, 15) is 14.7 Å². The number of carbonyl (C=O) groups is 2. The maximum atomic E-state index is 11.3. The van der Waals surface area contributed by atoms with Crippen molar-refractivity contribution in [1.82, 2.24) is 14.7 Å². The summed E-state index contributed by atoms with van der Waals surface area (Å²) in [5.41, 5.74) is 0.514. The molecule has 1 rings (SSSR count). The molecule has 1 amide bonds. The Morgan fingerprint density at radius 2 is 2.29 bits per heavy atom. The Bertz CT molecular complexity index is 400. The summed E-state index contributed by atoms with van der Waals surface area (Å²) in [4.78, 5) is 23.5. The third kappa shape index (κ3) is 2.83. The molecule has 0 aliphatic rings. The summed E-state index contributed by atoms with van der Waals surface area (Å²) in [5.74, 6) is -1.05. The van der Waals surface area contributed by atoms with E-state index in [-0.39, 0.29) is 6.04 Å². The molecule has 1 heterocycles. The smallest absolute Gasteiger partial charge is 0.331 e. The lowest BCUT2D eigenvalue weighted by Gasteiger charge is -2.27. The van der Waals surface area contributed by atoms with Crippen molar-refractivity contribution in [2.45, 2.75) is 39.4 Å². The van der Waals surface area contributed by atoms with Crippen molar-refractivity contribution < 1.29 is 14.7 Å². The first-order chi connectivity index (χ1) is 8.01. The minimum Gasteiger partial charge on any atom is -0.479 e. The van der Waals surface area contributed by atoms with Crippen LogP contribution in [0.3, 0.4) is 0 Å². The second kappa shape index (κ2) is 5.47. The summed E-state index contributed by atoms with van der Waals surface area (Å²) in [6.07, 6.45) is 3.70. The van der Waals surface area contributed by atoms with Crippen molar-refractivity contribution in [2.75, 3.05) is 0 Å². The second-order valence-corrected chi connectivity index (χ2v) is 4.02. The van der Waals surface area contributed by atoms with Crippen LogP contribution in [-0.4, -0.2) is 38.2 Å². The van der Waals surface area contributed by atoms with E-state index in [0.717, 1.165) is 0 Å². The van der Waals surface area contributed by atoms with Crippen LogP contribution in [0.4, 0.5) is 0 Å². The maximum Gasteiger partial charge on any atom is 0.331 e. The number of carbonyl (C=O) groups excluding carboxylic acids is 1. The molecule has 1 aromatic rings. The molecule has 0 aliphatic heterocycles. The third-order valence-corrected chi connectivity index (χ3v) is 2.54. The zero-order valence-corrected chi connectivity index (χ0v) is 10.2. The average molecular weight is 239 g/mol. The van der Waals surface area contributed by atoms with E-state index in [1.165, 1.54) is 11.1 Å². The molecule has 0 saturated heterocycles. The van der Waals surface area contributed by atoms with Crippen LogP contribution >= 0.6 is 0 Å². The summed E-state index contributed by atoms with van der Waals surface area (Å²) in [7, 11) is 0. The summed E-state index contributed by atoms with van der Waals surface area (Å²) >= 11 is 0. The third-order valence-electron chi connectivity index (χ3n) is 2.54. The van der Waals surface area contributed by atoms with Gasteiger partial charge in [0.2, 0.25) is 6.41 Å². The molecule has 1 unspecified atom stereocenters. The van der Waals surface area contributed by atoms with Crippen molar-refractivity contribution in [1.29, 1.82) is 0 Å². The van der Waals surface area contributed by atoms with Gasteiger partial charge in [0, 0.05) is 24.3 Å². The number of nitrogens with zero attached hydrogens (tertiary/aromatic N) is 3. The molecule has 0 fully saturated rings. The van der Waals surface area contributed by atoms with Gasteiger partial charge < -0.3 is 10.0 Å². The van der Waals surface area contributed by atoms with Crippen LogP contribution in [0.1, 0.15) is 32.4 Å². The van der Waals surface area contributed by atoms with Gasteiger partial charge in [0.1, 0.15) is 0 Å². The molecule has 0 bridgehead atoms. The van der Waals surface area contributed by atoms with E-state index in [1.807, 2.05) is 6.92 Å². The van der Waals surface area contributed by atoms with Crippen LogP contribution in [0.15, 0.2) is 12.4 Å². The van der Waals surface area contributed by atoms with Gasteiger partial charge in [-0.15, -0.1) is 0 Å². The van der Waals surface area contributed by atoms with Crippen molar-refractivity contribution in [3.8, 4) is 0 Å². The molecule has 1 atom stereocenters. The zero-order chi connectivity index (χ0) is 13.0. The van der Waals surface area contributed by atoms with Gasteiger partial charge in [-0.3, -0.25) is 9.48 Å². The first-order valence-corrected chi connectivity index (χ1v) is 5.49. The first kappa shape index (κ1) is 13.2. The summed E-state index contributed by atoms with van der Waals surface area (Å²) in [6.45, 7) is 6.12. The predicted octanol–water partition coefficient (Wildman–Crippen LogP) is 0.895. The Morgan fingerprint density at radius 1 is 1.65 bits per heavy atom. The Morgan fingerprint density at radius 3 is 2.65 bits per heavy atom. The van der Waals surface area contributed by atoms with Gasteiger partial charge in [-0.25, -0.2) is 4.79 Å². The number of aliphatic carboxylic acids is 1. The van der Waals surface area contributed by atoms with E-state index >= 15 is 0 Å². The molecular formula is C11H17N3O3. The lowest BCUT2D eigenvalue weighted by molar-refractivity contribution is -0.148. The van der Waals surface area contributed by atoms with Crippen molar-refractivity contribution in [2.24, 2.45) is 0 Å². The van der Waals surface area contributed by atoms with Gasteiger partial charge in [-0.2, -0.15) is 5.10 Å². The minimum absolute atomic E-state index is 0.182. The molecule has 17 heavy (non-hydrogen) atoms. The van der Waals surface area contributed by atoms with Gasteiger partial charge in [0.15, 0.2) is 6.04 Å². The zero-order valence-electron chi connectivity index (χ0n) is 10.2. The Kier molecular flexibility index (Phi) is 4.25. The van der Waals surface area contributed by atoms with E-state index in [0.29, 0.717) is 18.5 Å². The quantitative estimate of drug-likeness (QED) is 0.748. The molecule has 94 valence electrons. The highest BCUT2D eigenvalue weighted by molar-refractivity contribution is 5.78. The maximum absolute atomic E-state index is 11.3. The predicted molar refractivity (Wildman–Crippen MR) is 61.3 cm³/mol. The summed E-state index contributed by atoms with van der Waals surface area (Å²) in [5, 5.41) is 13.2. The number of rotatable bonds is 6. The second-order valence-electron chi connectivity index (χ2n) is 4.02. The minimum atomic E-state index is -1.05. The van der Waals surface area contributed by atoms with E-state index in [1.54, 1.807) is 24.7 Å². The van der Waals surface area contributed by atoms with Crippen LogP contribution in [0.5, 0.6) is 0 Å². The summed E-state index contributed by atoms with van der Waals surface area (Å²) < 4.78 is 1.63. The first-order valence-electron chi connectivity index (χ1n) is 5.49. The fourth-order valence-electron chi connectivity index (χ4n) is 1.62. The number of amides is 1. The van der Waals surface area contributed by atoms with Gasteiger partial charge in [0.25, 0.3) is 0 Å². The van der Waals surface area contributed by atoms with E-state index in [4.69, 9.17) is 0 Å². The molecule has 0 saturated carbocycles. The van der Waals surface area contributed by atoms with Gasteiger partial charge >= 0.3 is 5.97 Å². The molecule has 1 N–H and O–H groups in total. The summed E-state index contributed by atoms with van der Waals surface area (Å²) in [6, 6.07) is -1.16. The Balaban J connectivity index is 3.07. The molecule has 6 nitrogen and oxygen atoms in total. The number of aryl methyl sites for hydroxylation is 1. The van der Waals surface area contributed by atoms with Crippen LogP contribution in [0, 0.1) is 0 Å². The highest BCUT2D eigenvalue weighted by atomic mass is 16.4. The molecule has 6 heteroatoms. The van der Waals surface area contributed by atoms with Gasteiger partial charge in [-0.05, 0) is 20.8 Å². The van der Waals surface area contributed by atoms with Gasteiger partial charge in [-0.1, -0.05) is 0 Å². The largest absolute Gasteiger partial charge is 0.479 e. The fourth-order valence-corrected chi connectivity index (χ4v) is 1.62. The van der Waals surface area contributed by atoms with E-state index < -0.39 is 12.0 Å². The fraction of sp³-hybridized carbons (Fsp3) is 0.545. The number of carboxylic acids is 1. The standard InChI is InChI=1S/C11H17N3O3/c1-4-13-6-9(5-12-13)10(11(16)17)14(7-15)8(2)3/h5-8,10H,4H2,1-3H3,(H,16,17). The number of aromatic nitrogens is 2. The normalized spacial score (nSPS) is 12.5. The van der Waals surface area contributed by atoms with Gasteiger partial charge in [0.05, 0.1) is 6.20 Å². The Hall–Kier alpha value is -1.85. The molecule has 0 aliphatic carbocycles.